The lowest BCUT2D eigenvalue weighted by Gasteiger charge is -2.20. The van der Waals surface area contributed by atoms with E-state index in [-0.39, 0.29) is 11.7 Å². The molecule has 4 heteroatoms. The van der Waals surface area contributed by atoms with E-state index in [4.69, 9.17) is 4.74 Å². The minimum Gasteiger partial charge on any atom is -0.504 e. The van der Waals surface area contributed by atoms with Crippen LogP contribution in [0.4, 0.5) is 0 Å². The summed E-state index contributed by atoms with van der Waals surface area (Å²) in [6, 6.07) is 4.80. The first-order valence-corrected chi connectivity index (χ1v) is 6.38. The number of carbonyl (C=O) groups is 1. The number of rotatable bonds is 2. The van der Waals surface area contributed by atoms with E-state index < -0.39 is 0 Å². The zero-order valence-corrected chi connectivity index (χ0v) is 10.7. The second-order valence-electron chi connectivity index (χ2n) is 4.59. The Balaban J connectivity index is 2.14. The van der Waals surface area contributed by atoms with Crippen LogP contribution in [0.15, 0.2) is 18.2 Å². The Hall–Kier alpha value is -1.71. The Morgan fingerprint density at radius 2 is 1.89 bits per heavy atom. The molecule has 2 rings (SSSR count). The van der Waals surface area contributed by atoms with Gasteiger partial charge in [0.15, 0.2) is 11.5 Å². The summed E-state index contributed by atoms with van der Waals surface area (Å²) in [5, 5.41) is 9.70. The van der Waals surface area contributed by atoms with Gasteiger partial charge in [-0.3, -0.25) is 4.79 Å². The van der Waals surface area contributed by atoms with Gasteiger partial charge in [-0.05, 0) is 31.0 Å². The maximum absolute atomic E-state index is 12.3. The first-order valence-electron chi connectivity index (χ1n) is 6.38. The number of amides is 1. The molecule has 0 unspecified atom stereocenters. The molecule has 0 radical (unpaired) electrons. The Kier molecular flexibility index (Phi) is 4.07. The summed E-state index contributed by atoms with van der Waals surface area (Å²) >= 11 is 0. The SMILES string of the molecule is COc1ccc(C(=O)N2CCCCCC2)cc1O. The second-order valence-corrected chi connectivity index (χ2v) is 4.59. The Labute approximate surface area is 107 Å². The van der Waals surface area contributed by atoms with Gasteiger partial charge in [0.25, 0.3) is 5.91 Å². The van der Waals surface area contributed by atoms with Crippen LogP contribution in [-0.4, -0.2) is 36.1 Å². The number of nitrogens with zero attached hydrogens (tertiary/aromatic N) is 1. The molecule has 1 N–H and O–H groups in total. The molecule has 0 aliphatic carbocycles. The van der Waals surface area contributed by atoms with Gasteiger partial charge in [0.1, 0.15) is 0 Å². The minimum atomic E-state index is -0.00477. The third-order valence-electron chi connectivity index (χ3n) is 3.32. The van der Waals surface area contributed by atoms with Crippen molar-refractivity contribution >= 4 is 5.91 Å². The van der Waals surface area contributed by atoms with Crippen LogP contribution in [0.25, 0.3) is 0 Å². The molecule has 0 bridgehead atoms. The molecule has 0 atom stereocenters. The van der Waals surface area contributed by atoms with Gasteiger partial charge in [-0.2, -0.15) is 0 Å². The van der Waals surface area contributed by atoms with Crippen LogP contribution in [0.2, 0.25) is 0 Å². The molecule has 4 nitrogen and oxygen atoms in total. The summed E-state index contributed by atoms with van der Waals surface area (Å²) in [6.45, 7) is 1.62. The molecule has 1 aliphatic rings. The van der Waals surface area contributed by atoms with Crippen LogP contribution in [0.1, 0.15) is 36.0 Å². The van der Waals surface area contributed by atoms with Crippen LogP contribution in [-0.2, 0) is 0 Å². The van der Waals surface area contributed by atoms with Crippen molar-refractivity contribution in [2.24, 2.45) is 0 Å². The van der Waals surface area contributed by atoms with Crippen molar-refractivity contribution in [1.82, 2.24) is 4.90 Å². The van der Waals surface area contributed by atoms with E-state index in [0.29, 0.717) is 11.3 Å². The fourth-order valence-electron chi connectivity index (χ4n) is 2.28. The lowest BCUT2D eigenvalue weighted by molar-refractivity contribution is 0.0761. The molecule has 1 heterocycles. The predicted molar refractivity (Wildman–Crippen MR) is 69.0 cm³/mol. The van der Waals surface area contributed by atoms with Crippen LogP contribution in [0.5, 0.6) is 11.5 Å². The smallest absolute Gasteiger partial charge is 0.253 e. The molecule has 98 valence electrons. The van der Waals surface area contributed by atoms with Gasteiger partial charge in [-0.1, -0.05) is 12.8 Å². The molecule has 18 heavy (non-hydrogen) atoms. The molecule has 1 saturated heterocycles. The fourth-order valence-corrected chi connectivity index (χ4v) is 2.28. The van der Waals surface area contributed by atoms with E-state index in [2.05, 4.69) is 0 Å². The van der Waals surface area contributed by atoms with Gasteiger partial charge < -0.3 is 14.7 Å². The van der Waals surface area contributed by atoms with Crippen LogP contribution in [0, 0.1) is 0 Å². The number of methoxy groups -OCH3 is 1. The van der Waals surface area contributed by atoms with Crippen molar-refractivity contribution in [3.05, 3.63) is 23.8 Å². The highest BCUT2D eigenvalue weighted by Gasteiger charge is 2.18. The normalized spacial score (nSPS) is 16.2. The Morgan fingerprint density at radius 1 is 1.22 bits per heavy atom. The summed E-state index contributed by atoms with van der Waals surface area (Å²) in [5.74, 6) is 0.399. The number of ether oxygens (including phenoxy) is 1. The quantitative estimate of drug-likeness (QED) is 0.875. The van der Waals surface area contributed by atoms with Crippen LogP contribution < -0.4 is 4.74 Å². The van der Waals surface area contributed by atoms with Crippen LogP contribution in [0.3, 0.4) is 0 Å². The van der Waals surface area contributed by atoms with Crippen LogP contribution >= 0.6 is 0 Å². The van der Waals surface area contributed by atoms with Gasteiger partial charge >= 0.3 is 0 Å². The highest BCUT2D eigenvalue weighted by Crippen LogP contribution is 2.27. The number of aromatic hydroxyl groups is 1. The molecule has 0 spiro atoms. The Bertz CT molecular complexity index is 423. The van der Waals surface area contributed by atoms with Crippen molar-refractivity contribution in [3.63, 3.8) is 0 Å². The molecule has 1 aromatic rings. The number of hydrogen-bond acceptors (Lipinski definition) is 3. The van der Waals surface area contributed by atoms with Crippen molar-refractivity contribution in [3.8, 4) is 11.5 Å². The summed E-state index contributed by atoms with van der Waals surface area (Å²) in [7, 11) is 1.49. The summed E-state index contributed by atoms with van der Waals surface area (Å²) < 4.78 is 4.97. The molecular weight excluding hydrogens is 230 g/mol. The molecule has 1 amide bonds. The van der Waals surface area contributed by atoms with Crippen molar-refractivity contribution in [1.29, 1.82) is 0 Å². The Morgan fingerprint density at radius 3 is 2.44 bits per heavy atom. The first-order chi connectivity index (χ1) is 8.72. The van der Waals surface area contributed by atoms with Gasteiger partial charge in [0.2, 0.25) is 0 Å². The number of phenolic OH excluding ortho intramolecular Hbond substituents is 1. The van der Waals surface area contributed by atoms with Crippen molar-refractivity contribution in [2.75, 3.05) is 20.2 Å². The third kappa shape index (κ3) is 2.75. The van der Waals surface area contributed by atoms with E-state index >= 15 is 0 Å². The zero-order chi connectivity index (χ0) is 13.0. The van der Waals surface area contributed by atoms with E-state index in [9.17, 15) is 9.90 Å². The highest BCUT2D eigenvalue weighted by molar-refractivity contribution is 5.94. The van der Waals surface area contributed by atoms with E-state index in [1.807, 2.05) is 4.90 Å². The maximum Gasteiger partial charge on any atom is 0.253 e. The van der Waals surface area contributed by atoms with Crippen molar-refractivity contribution < 1.29 is 14.6 Å². The average Bonchev–Trinajstić information content (AvgIpc) is 2.66. The zero-order valence-electron chi connectivity index (χ0n) is 10.7. The second kappa shape index (κ2) is 5.76. The molecule has 0 saturated carbocycles. The molecular formula is C14H19NO3. The van der Waals surface area contributed by atoms with Crippen molar-refractivity contribution in [2.45, 2.75) is 25.7 Å². The fraction of sp³-hybridized carbons (Fsp3) is 0.500. The lowest BCUT2D eigenvalue weighted by Crippen LogP contribution is -2.31. The molecule has 1 aliphatic heterocycles. The number of phenols is 1. The largest absolute Gasteiger partial charge is 0.504 e. The van der Waals surface area contributed by atoms with E-state index in [1.54, 1.807) is 12.1 Å². The summed E-state index contributed by atoms with van der Waals surface area (Å²) in [6.07, 6.45) is 4.51. The minimum absolute atomic E-state index is 0.00477. The predicted octanol–water partition coefficient (Wildman–Crippen LogP) is 2.42. The topological polar surface area (TPSA) is 49.8 Å². The number of benzene rings is 1. The number of carbonyl (C=O) groups excluding carboxylic acids is 1. The third-order valence-corrected chi connectivity index (χ3v) is 3.32. The number of likely N-dealkylation sites (tertiary alicyclic amines) is 1. The summed E-state index contributed by atoms with van der Waals surface area (Å²) in [5.41, 5.74) is 0.523. The maximum atomic E-state index is 12.3. The molecule has 0 aromatic heterocycles. The first kappa shape index (κ1) is 12.7. The van der Waals surface area contributed by atoms with E-state index in [1.165, 1.54) is 26.0 Å². The molecule has 1 aromatic carbocycles. The standard InChI is InChI=1S/C14H19NO3/c1-18-13-7-6-11(10-12(13)16)14(17)15-8-4-2-3-5-9-15/h6-7,10,16H,2-5,8-9H2,1H3. The molecule has 1 fully saturated rings. The monoisotopic (exact) mass is 249 g/mol. The number of hydrogen-bond donors (Lipinski definition) is 1. The summed E-state index contributed by atoms with van der Waals surface area (Å²) in [4.78, 5) is 14.1. The van der Waals surface area contributed by atoms with Gasteiger partial charge in [0, 0.05) is 18.7 Å². The highest BCUT2D eigenvalue weighted by atomic mass is 16.5. The van der Waals surface area contributed by atoms with E-state index in [0.717, 1.165) is 25.9 Å². The lowest BCUT2D eigenvalue weighted by atomic mass is 10.1. The van der Waals surface area contributed by atoms with Gasteiger partial charge in [-0.15, -0.1) is 0 Å². The van der Waals surface area contributed by atoms with Gasteiger partial charge in [0.05, 0.1) is 7.11 Å². The van der Waals surface area contributed by atoms with Gasteiger partial charge in [-0.25, -0.2) is 0 Å². The average molecular weight is 249 g/mol.